The first-order valence-corrected chi connectivity index (χ1v) is 7.74. The minimum absolute atomic E-state index is 0.127. The third-order valence-electron chi connectivity index (χ3n) is 3.03. The highest BCUT2D eigenvalue weighted by Gasteiger charge is 2.01. The molecule has 19 heavy (non-hydrogen) atoms. The van der Waals surface area contributed by atoms with Crippen molar-refractivity contribution in [3.63, 3.8) is 0 Å². The zero-order valence-electron chi connectivity index (χ0n) is 12.6. The summed E-state index contributed by atoms with van der Waals surface area (Å²) in [6.07, 6.45) is 8.66. The third kappa shape index (κ3) is 13.2. The first-order valence-electron chi connectivity index (χ1n) is 7.74. The van der Waals surface area contributed by atoms with Gasteiger partial charge < -0.3 is 10.6 Å². The Bertz CT molecular complexity index is 242. The van der Waals surface area contributed by atoms with E-state index in [-0.39, 0.29) is 11.8 Å². The van der Waals surface area contributed by atoms with Crippen LogP contribution in [0.4, 0.5) is 0 Å². The quantitative estimate of drug-likeness (QED) is 0.536. The van der Waals surface area contributed by atoms with Crippen LogP contribution in [-0.2, 0) is 9.59 Å². The van der Waals surface area contributed by atoms with E-state index in [9.17, 15) is 9.59 Å². The topological polar surface area (TPSA) is 58.2 Å². The summed E-state index contributed by atoms with van der Waals surface area (Å²) in [5, 5.41) is 5.71. The Morgan fingerprint density at radius 1 is 0.737 bits per heavy atom. The first kappa shape index (κ1) is 17.9. The SMILES string of the molecule is CCCCCCC(=O)NCCCCCC(=O)NCC. The van der Waals surface area contributed by atoms with E-state index >= 15 is 0 Å². The zero-order chi connectivity index (χ0) is 14.3. The number of rotatable bonds is 12. The van der Waals surface area contributed by atoms with Gasteiger partial charge in [0, 0.05) is 25.9 Å². The summed E-state index contributed by atoms with van der Waals surface area (Å²) in [6.45, 7) is 5.53. The molecule has 0 aliphatic rings. The van der Waals surface area contributed by atoms with E-state index in [2.05, 4.69) is 17.6 Å². The van der Waals surface area contributed by atoms with Crippen LogP contribution in [0.15, 0.2) is 0 Å². The minimum atomic E-state index is 0.127. The summed E-state index contributed by atoms with van der Waals surface area (Å²) in [5.41, 5.74) is 0. The van der Waals surface area contributed by atoms with Crippen LogP contribution in [0.2, 0.25) is 0 Å². The molecule has 0 aliphatic carbocycles. The molecule has 4 nitrogen and oxygen atoms in total. The highest BCUT2D eigenvalue weighted by molar-refractivity contribution is 5.76. The van der Waals surface area contributed by atoms with Crippen LogP contribution in [0.3, 0.4) is 0 Å². The predicted molar refractivity (Wildman–Crippen MR) is 78.9 cm³/mol. The molecule has 0 aromatic heterocycles. The number of amides is 2. The van der Waals surface area contributed by atoms with Crippen molar-refractivity contribution in [2.75, 3.05) is 13.1 Å². The van der Waals surface area contributed by atoms with E-state index in [0.717, 1.165) is 38.6 Å². The van der Waals surface area contributed by atoms with Crippen LogP contribution >= 0.6 is 0 Å². The number of nitrogens with one attached hydrogen (secondary N) is 2. The van der Waals surface area contributed by atoms with Gasteiger partial charge in [-0.15, -0.1) is 0 Å². The molecule has 0 atom stereocenters. The molecule has 0 saturated heterocycles. The molecular formula is C15H30N2O2. The minimum Gasteiger partial charge on any atom is -0.356 e. The Balaban J connectivity index is 3.25. The summed E-state index contributed by atoms with van der Waals surface area (Å²) in [4.78, 5) is 22.6. The van der Waals surface area contributed by atoms with Gasteiger partial charge in [0.1, 0.15) is 0 Å². The van der Waals surface area contributed by atoms with Gasteiger partial charge in [-0.05, 0) is 26.2 Å². The van der Waals surface area contributed by atoms with Crippen LogP contribution in [-0.4, -0.2) is 24.9 Å². The second-order valence-corrected chi connectivity index (χ2v) is 4.92. The van der Waals surface area contributed by atoms with Crippen molar-refractivity contribution < 1.29 is 9.59 Å². The molecule has 112 valence electrons. The maximum atomic E-state index is 11.5. The molecule has 4 heteroatoms. The second-order valence-electron chi connectivity index (χ2n) is 4.92. The summed E-state index contributed by atoms with van der Waals surface area (Å²) >= 11 is 0. The fourth-order valence-electron chi connectivity index (χ4n) is 1.90. The molecule has 0 spiro atoms. The third-order valence-corrected chi connectivity index (χ3v) is 3.03. The second kappa shape index (κ2) is 13.4. The molecule has 0 radical (unpaired) electrons. The standard InChI is InChI=1S/C15H30N2O2/c1-3-5-6-8-12-15(19)17-13-10-7-9-11-14(18)16-4-2/h3-13H2,1-2H3,(H,16,18)(H,17,19). The molecule has 0 unspecified atom stereocenters. The van der Waals surface area contributed by atoms with Gasteiger partial charge in [-0.3, -0.25) is 9.59 Å². The Labute approximate surface area is 117 Å². The average molecular weight is 270 g/mol. The van der Waals surface area contributed by atoms with Crippen LogP contribution < -0.4 is 10.6 Å². The average Bonchev–Trinajstić information content (AvgIpc) is 2.39. The van der Waals surface area contributed by atoms with Crippen molar-refractivity contribution in [1.82, 2.24) is 10.6 Å². The number of hydrogen-bond donors (Lipinski definition) is 2. The lowest BCUT2D eigenvalue weighted by Gasteiger charge is -2.05. The fraction of sp³-hybridized carbons (Fsp3) is 0.867. The summed E-state index contributed by atoms with van der Waals surface area (Å²) < 4.78 is 0. The highest BCUT2D eigenvalue weighted by Crippen LogP contribution is 2.02. The van der Waals surface area contributed by atoms with Crippen molar-refractivity contribution >= 4 is 11.8 Å². The van der Waals surface area contributed by atoms with Crippen LogP contribution in [0, 0.1) is 0 Å². The normalized spacial score (nSPS) is 10.2. The highest BCUT2D eigenvalue weighted by atomic mass is 16.2. The number of hydrogen-bond acceptors (Lipinski definition) is 2. The van der Waals surface area contributed by atoms with Crippen LogP contribution in [0.25, 0.3) is 0 Å². The van der Waals surface area contributed by atoms with Gasteiger partial charge in [0.05, 0.1) is 0 Å². The van der Waals surface area contributed by atoms with Crippen LogP contribution in [0.5, 0.6) is 0 Å². The van der Waals surface area contributed by atoms with E-state index in [1.54, 1.807) is 0 Å². The molecule has 0 fully saturated rings. The lowest BCUT2D eigenvalue weighted by Crippen LogP contribution is -2.24. The number of unbranched alkanes of at least 4 members (excludes halogenated alkanes) is 5. The Morgan fingerprint density at radius 2 is 1.32 bits per heavy atom. The van der Waals surface area contributed by atoms with E-state index < -0.39 is 0 Å². The lowest BCUT2D eigenvalue weighted by molar-refractivity contribution is -0.122. The van der Waals surface area contributed by atoms with Gasteiger partial charge in [-0.1, -0.05) is 32.6 Å². The molecule has 2 amide bonds. The molecule has 0 heterocycles. The Hall–Kier alpha value is -1.06. The van der Waals surface area contributed by atoms with E-state index in [1.165, 1.54) is 12.8 Å². The number of carbonyl (C=O) groups excluding carboxylic acids is 2. The number of carbonyl (C=O) groups is 2. The maximum absolute atomic E-state index is 11.5. The van der Waals surface area contributed by atoms with Crippen molar-refractivity contribution in [3.05, 3.63) is 0 Å². The summed E-state index contributed by atoms with van der Waals surface area (Å²) in [7, 11) is 0. The van der Waals surface area contributed by atoms with Gasteiger partial charge in [0.25, 0.3) is 0 Å². The molecule has 0 aliphatic heterocycles. The largest absolute Gasteiger partial charge is 0.356 e. The molecular weight excluding hydrogens is 240 g/mol. The molecule has 0 rings (SSSR count). The molecule has 0 aromatic carbocycles. The Kier molecular flexibility index (Phi) is 12.6. The van der Waals surface area contributed by atoms with Gasteiger partial charge in [0.2, 0.25) is 11.8 Å². The van der Waals surface area contributed by atoms with Crippen molar-refractivity contribution in [1.29, 1.82) is 0 Å². The fourth-order valence-corrected chi connectivity index (χ4v) is 1.90. The Morgan fingerprint density at radius 3 is 1.89 bits per heavy atom. The van der Waals surface area contributed by atoms with E-state index in [4.69, 9.17) is 0 Å². The predicted octanol–water partition coefficient (Wildman–Crippen LogP) is 2.77. The molecule has 0 saturated carbocycles. The lowest BCUT2D eigenvalue weighted by atomic mass is 10.1. The molecule has 0 aromatic rings. The van der Waals surface area contributed by atoms with Gasteiger partial charge in [-0.25, -0.2) is 0 Å². The van der Waals surface area contributed by atoms with E-state index in [1.807, 2.05) is 6.92 Å². The zero-order valence-corrected chi connectivity index (χ0v) is 12.6. The van der Waals surface area contributed by atoms with E-state index in [0.29, 0.717) is 19.4 Å². The van der Waals surface area contributed by atoms with Crippen LogP contribution in [0.1, 0.15) is 71.6 Å². The smallest absolute Gasteiger partial charge is 0.219 e. The first-order chi connectivity index (χ1) is 9.20. The van der Waals surface area contributed by atoms with Gasteiger partial charge in [0.15, 0.2) is 0 Å². The van der Waals surface area contributed by atoms with Crippen molar-refractivity contribution in [3.8, 4) is 0 Å². The summed E-state index contributed by atoms with van der Waals surface area (Å²) in [5.74, 6) is 0.294. The maximum Gasteiger partial charge on any atom is 0.219 e. The summed E-state index contributed by atoms with van der Waals surface area (Å²) in [6, 6.07) is 0. The molecule has 0 bridgehead atoms. The molecule has 2 N–H and O–H groups in total. The van der Waals surface area contributed by atoms with Crippen molar-refractivity contribution in [2.24, 2.45) is 0 Å². The monoisotopic (exact) mass is 270 g/mol. The van der Waals surface area contributed by atoms with Gasteiger partial charge >= 0.3 is 0 Å². The van der Waals surface area contributed by atoms with Gasteiger partial charge in [-0.2, -0.15) is 0 Å². The van der Waals surface area contributed by atoms with Crippen molar-refractivity contribution in [2.45, 2.75) is 71.6 Å².